The molecule has 220 valence electrons. The zero-order chi connectivity index (χ0) is 29.2. The topological polar surface area (TPSA) is 27.7 Å². The standard InChI is InChI=1S/C34H38F4O3/c1-3-5-7-21-40-30-19-12-25(31(35)34(30)38)22-41-27-15-10-24(11-16-27)29-18-17-28(32(36)33(29)37)23-8-13-26(14-9-23)39-20-6-4-2/h3,8-9,12-14,17-19,24,27H,1,4-7,10-11,15-16,20-22H2,2H3. The van der Waals surface area contributed by atoms with Crippen LogP contribution in [0, 0.1) is 23.3 Å². The Kier molecular flexibility index (Phi) is 11.3. The Balaban J connectivity index is 1.31. The molecule has 0 atom stereocenters. The smallest absolute Gasteiger partial charge is 0.200 e. The van der Waals surface area contributed by atoms with Crippen LogP contribution in [0.4, 0.5) is 17.6 Å². The Morgan fingerprint density at radius 3 is 2.22 bits per heavy atom. The number of hydrogen-bond acceptors (Lipinski definition) is 3. The molecule has 41 heavy (non-hydrogen) atoms. The summed E-state index contributed by atoms with van der Waals surface area (Å²) in [6, 6.07) is 13.2. The summed E-state index contributed by atoms with van der Waals surface area (Å²) >= 11 is 0. The lowest BCUT2D eigenvalue weighted by Crippen LogP contribution is -2.21. The molecule has 0 aliphatic heterocycles. The number of benzene rings is 3. The van der Waals surface area contributed by atoms with Gasteiger partial charge in [-0.05, 0) is 86.3 Å². The van der Waals surface area contributed by atoms with Crippen molar-refractivity contribution in [2.45, 2.75) is 76.9 Å². The summed E-state index contributed by atoms with van der Waals surface area (Å²) in [6.45, 7) is 6.53. The van der Waals surface area contributed by atoms with Crippen molar-refractivity contribution in [3.8, 4) is 22.6 Å². The van der Waals surface area contributed by atoms with Gasteiger partial charge >= 0.3 is 0 Å². The Morgan fingerprint density at radius 2 is 1.51 bits per heavy atom. The van der Waals surface area contributed by atoms with Gasteiger partial charge in [-0.3, -0.25) is 0 Å². The van der Waals surface area contributed by atoms with Crippen LogP contribution in [0.1, 0.15) is 75.3 Å². The van der Waals surface area contributed by atoms with Crippen LogP contribution < -0.4 is 9.47 Å². The molecule has 0 N–H and O–H groups in total. The lowest BCUT2D eigenvalue weighted by Gasteiger charge is -2.29. The van der Waals surface area contributed by atoms with E-state index in [2.05, 4.69) is 13.5 Å². The third kappa shape index (κ3) is 7.91. The van der Waals surface area contributed by atoms with Crippen molar-refractivity contribution in [3.63, 3.8) is 0 Å². The Hall–Kier alpha value is -3.32. The summed E-state index contributed by atoms with van der Waals surface area (Å²) in [6.07, 6.45) is 7.40. The quantitative estimate of drug-likeness (QED) is 0.110. The molecule has 0 aromatic heterocycles. The molecular formula is C34H38F4O3. The van der Waals surface area contributed by atoms with Crippen molar-refractivity contribution in [2.75, 3.05) is 13.2 Å². The van der Waals surface area contributed by atoms with Crippen molar-refractivity contribution in [2.24, 2.45) is 0 Å². The third-order valence-electron chi connectivity index (χ3n) is 7.57. The molecule has 1 fully saturated rings. The minimum atomic E-state index is -1.02. The summed E-state index contributed by atoms with van der Waals surface area (Å²) in [5.41, 5.74) is 1.28. The maximum atomic E-state index is 15.2. The van der Waals surface area contributed by atoms with E-state index in [9.17, 15) is 8.78 Å². The van der Waals surface area contributed by atoms with E-state index in [0.29, 0.717) is 55.6 Å². The zero-order valence-electron chi connectivity index (χ0n) is 23.6. The fourth-order valence-electron chi connectivity index (χ4n) is 5.12. The molecule has 3 aromatic carbocycles. The number of halogens is 4. The van der Waals surface area contributed by atoms with E-state index >= 15 is 8.78 Å². The minimum absolute atomic E-state index is 0.0745. The van der Waals surface area contributed by atoms with E-state index in [1.54, 1.807) is 42.5 Å². The van der Waals surface area contributed by atoms with Crippen LogP contribution >= 0.6 is 0 Å². The van der Waals surface area contributed by atoms with Crippen molar-refractivity contribution >= 4 is 0 Å². The van der Waals surface area contributed by atoms with Gasteiger partial charge in [0.1, 0.15) is 5.75 Å². The van der Waals surface area contributed by atoms with Crippen LogP contribution in [0.15, 0.2) is 61.2 Å². The fourth-order valence-corrected chi connectivity index (χ4v) is 5.12. The van der Waals surface area contributed by atoms with Gasteiger partial charge in [0.05, 0.1) is 25.9 Å². The van der Waals surface area contributed by atoms with Crippen LogP contribution in [0.3, 0.4) is 0 Å². The van der Waals surface area contributed by atoms with Crippen LogP contribution in [-0.4, -0.2) is 19.3 Å². The van der Waals surface area contributed by atoms with Gasteiger partial charge in [-0.25, -0.2) is 13.2 Å². The number of ether oxygens (including phenoxy) is 3. The molecule has 7 heteroatoms. The first-order valence-corrected chi connectivity index (χ1v) is 14.5. The molecule has 0 spiro atoms. The van der Waals surface area contributed by atoms with Gasteiger partial charge in [-0.2, -0.15) is 4.39 Å². The van der Waals surface area contributed by atoms with Gasteiger partial charge in [0.25, 0.3) is 0 Å². The van der Waals surface area contributed by atoms with Gasteiger partial charge in [-0.15, -0.1) is 6.58 Å². The van der Waals surface area contributed by atoms with Crippen LogP contribution in [0.25, 0.3) is 11.1 Å². The summed E-state index contributed by atoms with van der Waals surface area (Å²) in [5, 5.41) is 0. The van der Waals surface area contributed by atoms with Crippen molar-refractivity contribution in [1.29, 1.82) is 0 Å². The molecule has 0 bridgehead atoms. The maximum Gasteiger partial charge on any atom is 0.200 e. The molecule has 1 aliphatic rings. The molecule has 1 aliphatic carbocycles. The summed E-state index contributed by atoms with van der Waals surface area (Å²) in [4.78, 5) is 0. The summed E-state index contributed by atoms with van der Waals surface area (Å²) < 4.78 is 76.2. The lowest BCUT2D eigenvalue weighted by molar-refractivity contribution is 0.0116. The van der Waals surface area contributed by atoms with Crippen LogP contribution in [0.5, 0.6) is 11.5 Å². The maximum absolute atomic E-state index is 15.2. The van der Waals surface area contributed by atoms with Gasteiger partial charge in [0, 0.05) is 11.1 Å². The van der Waals surface area contributed by atoms with E-state index in [0.717, 1.165) is 19.3 Å². The first-order valence-electron chi connectivity index (χ1n) is 14.5. The number of allylic oxidation sites excluding steroid dienone is 1. The highest BCUT2D eigenvalue weighted by Gasteiger charge is 2.27. The average molecular weight is 571 g/mol. The number of unbranched alkanes of at least 4 members (excludes halogenated alkanes) is 2. The second-order valence-electron chi connectivity index (χ2n) is 10.5. The zero-order valence-corrected chi connectivity index (χ0v) is 23.6. The summed E-state index contributed by atoms with van der Waals surface area (Å²) in [7, 11) is 0. The molecule has 3 aromatic rings. The molecule has 0 amide bonds. The molecule has 0 saturated heterocycles. The molecule has 3 nitrogen and oxygen atoms in total. The highest BCUT2D eigenvalue weighted by atomic mass is 19.2. The lowest BCUT2D eigenvalue weighted by atomic mass is 9.82. The normalized spacial score (nSPS) is 16.9. The molecule has 4 rings (SSSR count). The van der Waals surface area contributed by atoms with Crippen molar-refractivity contribution in [3.05, 3.63) is 95.6 Å². The minimum Gasteiger partial charge on any atom is -0.494 e. The second kappa shape index (κ2) is 15.1. The molecule has 0 unspecified atom stereocenters. The number of rotatable bonds is 14. The Bertz CT molecular complexity index is 1280. The number of hydrogen-bond donors (Lipinski definition) is 0. The van der Waals surface area contributed by atoms with E-state index in [4.69, 9.17) is 14.2 Å². The summed E-state index contributed by atoms with van der Waals surface area (Å²) in [5.74, 6) is -3.23. The van der Waals surface area contributed by atoms with Crippen LogP contribution in [0.2, 0.25) is 0 Å². The highest BCUT2D eigenvalue weighted by molar-refractivity contribution is 5.65. The van der Waals surface area contributed by atoms with E-state index in [1.807, 2.05) is 0 Å². The molecule has 0 radical (unpaired) electrons. The average Bonchev–Trinajstić information content (AvgIpc) is 2.99. The van der Waals surface area contributed by atoms with Crippen molar-refractivity contribution in [1.82, 2.24) is 0 Å². The van der Waals surface area contributed by atoms with Gasteiger partial charge in [0.2, 0.25) is 5.82 Å². The molecule has 1 saturated carbocycles. The van der Waals surface area contributed by atoms with Gasteiger partial charge in [0.15, 0.2) is 23.2 Å². The molecular weight excluding hydrogens is 532 g/mol. The van der Waals surface area contributed by atoms with Gasteiger partial charge < -0.3 is 14.2 Å². The third-order valence-corrected chi connectivity index (χ3v) is 7.57. The molecule has 0 heterocycles. The first-order chi connectivity index (χ1) is 19.9. The van der Waals surface area contributed by atoms with E-state index < -0.39 is 23.3 Å². The first kappa shape index (κ1) is 30.6. The van der Waals surface area contributed by atoms with E-state index in [-0.39, 0.29) is 42.1 Å². The highest BCUT2D eigenvalue weighted by Crippen LogP contribution is 2.38. The van der Waals surface area contributed by atoms with Gasteiger partial charge in [-0.1, -0.05) is 43.7 Å². The fraction of sp³-hybridized carbons (Fsp3) is 0.412. The van der Waals surface area contributed by atoms with E-state index in [1.165, 1.54) is 12.1 Å². The SMILES string of the molecule is C=CCCCOc1ccc(COC2CCC(c3ccc(-c4ccc(OCCCC)cc4)c(F)c3F)CC2)c(F)c1F. The second-order valence-corrected chi connectivity index (χ2v) is 10.5. The predicted molar refractivity (Wildman–Crippen MR) is 153 cm³/mol. The largest absolute Gasteiger partial charge is 0.494 e. The Labute approximate surface area is 240 Å². The van der Waals surface area contributed by atoms with Crippen molar-refractivity contribution < 1.29 is 31.8 Å². The Morgan fingerprint density at radius 1 is 0.780 bits per heavy atom. The monoisotopic (exact) mass is 570 g/mol. The predicted octanol–water partition coefficient (Wildman–Crippen LogP) is 9.68. The van der Waals surface area contributed by atoms with Crippen LogP contribution in [-0.2, 0) is 11.3 Å².